The van der Waals surface area contributed by atoms with Gasteiger partial charge in [-0.15, -0.1) is 0 Å². The maximum atomic E-state index is 8.89. The van der Waals surface area contributed by atoms with E-state index >= 15 is 0 Å². The molecule has 0 bridgehead atoms. The molecule has 0 spiro atoms. The second-order valence-electron chi connectivity index (χ2n) is 4.61. The van der Waals surface area contributed by atoms with Crippen molar-refractivity contribution in [3.63, 3.8) is 0 Å². The molecule has 0 unspecified atom stereocenters. The van der Waals surface area contributed by atoms with Gasteiger partial charge in [-0.3, -0.25) is 0 Å². The Balaban J connectivity index is 0. The van der Waals surface area contributed by atoms with E-state index in [9.17, 15) is 0 Å². The Morgan fingerprint density at radius 2 is 1.00 bits per heavy atom. The molecular formula is C19H24O4PPd. The van der Waals surface area contributed by atoms with Crippen LogP contribution in [0.25, 0.3) is 0 Å². The van der Waals surface area contributed by atoms with E-state index in [0.29, 0.717) is 0 Å². The number of carboxylic acid groups (broad SMARTS) is 2. The average molecular weight is 454 g/mol. The number of aliphatic carboxylic acids is 2. The van der Waals surface area contributed by atoms with E-state index in [4.69, 9.17) is 19.8 Å². The van der Waals surface area contributed by atoms with E-state index in [2.05, 4.69) is 93.2 Å². The van der Waals surface area contributed by atoms with Crippen molar-refractivity contribution in [3.8, 4) is 0 Å². The monoisotopic (exact) mass is 453 g/mol. The summed E-state index contributed by atoms with van der Waals surface area (Å²) in [4.78, 5) is 17.8. The second-order valence-corrected chi connectivity index (χ2v) is 8.24. The number of carbonyl (C=O) groups excluding carboxylic acids is 2. The Kier molecular flexibility index (Phi) is 17.8. The first-order valence-corrected chi connectivity index (χ1v) is 10.9. The van der Waals surface area contributed by atoms with Crippen molar-refractivity contribution in [1.29, 1.82) is 0 Å². The van der Waals surface area contributed by atoms with Crippen LogP contribution in [0.2, 0.25) is 0 Å². The number of hydrogen-bond acceptors (Lipinski definition) is 4. The molecule has 0 aliphatic rings. The van der Waals surface area contributed by atoms with Crippen LogP contribution in [0.15, 0.2) is 60.7 Å². The van der Waals surface area contributed by atoms with Crippen LogP contribution in [0.1, 0.15) is 34.1 Å². The Morgan fingerprint density at radius 1 is 0.800 bits per heavy atom. The molecule has 0 fully saturated rings. The van der Waals surface area contributed by atoms with Gasteiger partial charge in [0.1, 0.15) is 0 Å². The van der Waals surface area contributed by atoms with E-state index in [1.807, 2.05) is 0 Å². The van der Waals surface area contributed by atoms with E-state index in [-0.39, 0.29) is 6.11 Å². The molecule has 0 aliphatic carbocycles. The van der Waals surface area contributed by atoms with Gasteiger partial charge >= 0.3 is 96.1 Å². The molecular weight excluding hydrogens is 430 g/mol. The Labute approximate surface area is 161 Å². The van der Waals surface area contributed by atoms with Crippen molar-refractivity contribution in [3.05, 3.63) is 60.7 Å². The zero-order valence-electron chi connectivity index (χ0n) is 14.9. The molecule has 0 heterocycles. The molecule has 0 saturated heterocycles. The third-order valence-electron chi connectivity index (χ3n) is 1.93. The molecule has 2 rings (SSSR count). The molecule has 139 valence electrons. The van der Waals surface area contributed by atoms with Gasteiger partial charge in [-0.25, -0.2) is 0 Å². The van der Waals surface area contributed by atoms with Gasteiger partial charge in [0.05, 0.1) is 0 Å². The van der Waals surface area contributed by atoms with Crippen molar-refractivity contribution < 1.29 is 38.5 Å². The van der Waals surface area contributed by atoms with Gasteiger partial charge in [0.25, 0.3) is 0 Å². The van der Waals surface area contributed by atoms with Crippen LogP contribution in [0.4, 0.5) is 0 Å². The summed E-state index contributed by atoms with van der Waals surface area (Å²) in [7, 11) is 0. The van der Waals surface area contributed by atoms with Gasteiger partial charge in [-0.2, -0.15) is 0 Å². The molecule has 0 N–H and O–H groups in total. The predicted molar refractivity (Wildman–Crippen MR) is 96.4 cm³/mol. The summed E-state index contributed by atoms with van der Waals surface area (Å²) >= 11 is 3.47. The molecule has 0 amide bonds. The summed E-state index contributed by atoms with van der Waals surface area (Å²) < 4.78 is 0. The second kappa shape index (κ2) is 17.3. The van der Waals surface area contributed by atoms with Crippen molar-refractivity contribution in [2.45, 2.75) is 34.1 Å². The van der Waals surface area contributed by atoms with E-state index in [1.165, 1.54) is 17.0 Å². The number of rotatable bonds is 2. The SMILES string of the molecule is CC(=O)[O-].CC(=O)[O-].CCC.[Pd+2][P](c1ccccc1)c1ccccc1. The van der Waals surface area contributed by atoms with Crippen molar-refractivity contribution in [2.24, 2.45) is 0 Å². The van der Waals surface area contributed by atoms with Gasteiger partial charge in [-0.05, 0) is 13.8 Å². The summed E-state index contributed by atoms with van der Waals surface area (Å²) in [5.74, 6) is -2.17. The number of hydrogen-bond donors (Lipinski definition) is 0. The fourth-order valence-corrected chi connectivity index (χ4v) is 3.77. The van der Waals surface area contributed by atoms with Gasteiger partial charge in [0.15, 0.2) is 0 Å². The summed E-state index contributed by atoms with van der Waals surface area (Å²) in [6.45, 7) is 6.19. The Hall–Kier alpha value is -1.53. The average Bonchev–Trinajstić information content (AvgIpc) is 2.55. The molecule has 0 radical (unpaired) electrons. The number of benzene rings is 2. The third-order valence-corrected chi connectivity index (χ3v) is 5.78. The molecule has 2 aromatic carbocycles. The summed E-state index contributed by atoms with van der Waals surface area (Å²) in [5.41, 5.74) is 0. The molecule has 2 aromatic rings. The molecule has 0 aliphatic heterocycles. The summed E-state index contributed by atoms with van der Waals surface area (Å²) in [6, 6.07) is 21.1. The Bertz CT molecular complexity index is 517. The number of carboxylic acids is 2. The quantitative estimate of drug-likeness (QED) is 0.510. The van der Waals surface area contributed by atoms with Gasteiger partial charge in [0.2, 0.25) is 0 Å². The van der Waals surface area contributed by atoms with Crippen LogP contribution in [0.5, 0.6) is 0 Å². The van der Waals surface area contributed by atoms with E-state index < -0.39 is 11.9 Å². The van der Waals surface area contributed by atoms with Crippen LogP contribution in [-0.4, -0.2) is 11.9 Å². The first-order chi connectivity index (χ1) is 11.8. The summed E-state index contributed by atoms with van der Waals surface area (Å²) in [5, 5.41) is 20.5. The van der Waals surface area contributed by atoms with Crippen LogP contribution >= 0.6 is 6.11 Å². The van der Waals surface area contributed by atoms with Crippen LogP contribution in [0, 0.1) is 0 Å². The normalized spacial score (nSPS) is 8.56. The van der Waals surface area contributed by atoms with Crippen LogP contribution in [-0.2, 0) is 28.3 Å². The zero-order valence-corrected chi connectivity index (χ0v) is 17.3. The molecule has 0 atom stereocenters. The molecule has 25 heavy (non-hydrogen) atoms. The third kappa shape index (κ3) is 18.7. The minimum absolute atomic E-state index is 0.321. The molecule has 0 aromatic heterocycles. The van der Waals surface area contributed by atoms with E-state index in [0.717, 1.165) is 13.8 Å². The minimum atomic E-state index is -1.08. The molecule has 0 saturated carbocycles. The number of carbonyl (C=O) groups is 2. The fourth-order valence-electron chi connectivity index (χ4n) is 1.25. The van der Waals surface area contributed by atoms with Crippen molar-refractivity contribution in [1.82, 2.24) is 0 Å². The first kappa shape index (κ1) is 25.7. The maximum absolute atomic E-state index is 8.89. The van der Waals surface area contributed by atoms with Crippen LogP contribution in [0.3, 0.4) is 0 Å². The van der Waals surface area contributed by atoms with Crippen LogP contribution < -0.4 is 20.8 Å². The van der Waals surface area contributed by atoms with Gasteiger partial charge in [0, 0.05) is 11.9 Å². The molecule has 6 heteroatoms. The van der Waals surface area contributed by atoms with E-state index in [1.54, 1.807) is 0 Å². The van der Waals surface area contributed by atoms with Crippen molar-refractivity contribution >= 4 is 28.7 Å². The van der Waals surface area contributed by atoms with Gasteiger partial charge in [-0.1, -0.05) is 20.3 Å². The topological polar surface area (TPSA) is 80.3 Å². The molecule has 4 nitrogen and oxygen atoms in total. The van der Waals surface area contributed by atoms with Gasteiger partial charge < -0.3 is 19.8 Å². The Morgan fingerprint density at radius 3 is 1.20 bits per heavy atom. The summed E-state index contributed by atoms with van der Waals surface area (Å²) in [6.07, 6.45) is 0.929. The first-order valence-electron chi connectivity index (χ1n) is 7.64. The zero-order chi connectivity index (χ0) is 19.7. The standard InChI is InChI=1S/C12H10P.C3H8.2C2H4O2.Pd/c1-3-7-11(8-4-1)13-12-9-5-2-6-10-12;1-3-2;2*1-2(3)4;/h1-10H;3H2,1-2H3;2*1H3,(H,3,4);/q-1;;;;+3/p-2. The predicted octanol–water partition coefficient (Wildman–Crippen LogP) is 1.51. The fraction of sp³-hybridized carbons (Fsp3) is 0.263. The van der Waals surface area contributed by atoms with Crippen molar-refractivity contribution in [2.75, 3.05) is 0 Å².